The Bertz CT molecular complexity index is 1090. The van der Waals surface area contributed by atoms with Gasteiger partial charge in [0.25, 0.3) is 0 Å². The Morgan fingerprint density at radius 1 is 1.09 bits per heavy atom. The van der Waals surface area contributed by atoms with Gasteiger partial charge in [-0.25, -0.2) is 8.42 Å². The lowest BCUT2D eigenvalue weighted by atomic mass is 9.84. The molecule has 3 atom stereocenters. The number of carbonyl (C=O) groups is 2. The molecule has 1 aliphatic carbocycles. The van der Waals surface area contributed by atoms with Crippen LogP contribution < -0.4 is 5.32 Å². The van der Waals surface area contributed by atoms with Gasteiger partial charge in [0.2, 0.25) is 15.9 Å². The second-order valence-electron chi connectivity index (χ2n) is 8.18. The Kier molecular flexibility index (Phi) is 8.39. The lowest BCUT2D eigenvalue weighted by Gasteiger charge is -2.33. The highest BCUT2D eigenvalue weighted by Crippen LogP contribution is 2.28. The van der Waals surface area contributed by atoms with E-state index in [1.165, 1.54) is 25.2 Å². The molecule has 3 unspecified atom stereocenters. The van der Waals surface area contributed by atoms with Gasteiger partial charge in [0, 0.05) is 23.1 Å². The first-order valence-corrected chi connectivity index (χ1v) is 12.8. The van der Waals surface area contributed by atoms with E-state index >= 15 is 0 Å². The molecule has 0 aromatic heterocycles. The summed E-state index contributed by atoms with van der Waals surface area (Å²) >= 11 is 12.0. The summed E-state index contributed by atoms with van der Waals surface area (Å²) in [7, 11) is -2.81. The fraction of sp³-hybridized carbons (Fsp3) is 0.391. The molecule has 1 saturated carbocycles. The van der Waals surface area contributed by atoms with Crippen LogP contribution in [0.1, 0.15) is 31.2 Å². The standard InChI is InChI=1S/C23H26Cl2N2O5S/c1-27(33(31,32)18-13-16(24)12-17(25)14-18)21(11-15-7-3-2-4-8-15)22(28)26-20-10-6-5-9-19(20)23(29)30/h2-4,7-8,12-14,19-21H,5-6,9-11H2,1H3,(H,26,28)(H,29,30). The summed E-state index contributed by atoms with van der Waals surface area (Å²) in [4.78, 5) is 24.9. The van der Waals surface area contributed by atoms with Crippen LogP contribution in [0.4, 0.5) is 0 Å². The summed E-state index contributed by atoms with van der Waals surface area (Å²) in [6, 6.07) is 11.4. The molecule has 0 bridgehead atoms. The number of sulfonamides is 1. The van der Waals surface area contributed by atoms with Crippen molar-refractivity contribution >= 4 is 45.1 Å². The third kappa shape index (κ3) is 6.26. The van der Waals surface area contributed by atoms with Crippen molar-refractivity contribution in [1.82, 2.24) is 9.62 Å². The molecule has 0 saturated heterocycles. The smallest absolute Gasteiger partial charge is 0.308 e. The number of nitrogens with zero attached hydrogens (tertiary/aromatic N) is 1. The van der Waals surface area contributed by atoms with Gasteiger partial charge in [-0.3, -0.25) is 9.59 Å². The maximum absolute atomic E-state index is 13.4. The number of likely N-dealkylation sites (N-methyl/N-ethyl adjacent to an activating group) is 1. The number of carbonyl (C=O) groups excluding carboxylic acids is 1. The summed E-state index contributed by atoms with van der Waals surface area (Å²) in [6.07, 6.45) is 2.69. The average molecular weight is 513 g/mol. The molecule has 1 aliphatic rings. The van der Waals surface area contributed by atoms with Crippen LogP contribution in [0.15, 0.2) is 53.4 Å². The molecular formula is C23H26Cl2N2O5S. The van der Waals surface area contributed by atoms with Crippen molar-refractivity contribution in [2.24, 2.45) is 5.92 Å². The first kappa shape index (κ1) is 25.5. The molecule has 2 N–H and O–H groups in total. The van der Waals surface area contributed by atoms with Gasteiger partial charge in [0.15, 0.2) is 0 Å². The van der Waals surface area contributed by atoms with E-state index in [1.54, 1.807) is 24.3 Å². The normalized spacial score (nSPS) is 19.8. The second-order valence-corrected chi connectivity index (χ2v) is 11.0. The number of carboxylic acids is 1. The van der Waals surface area contributed by atoms with Gasteiger partial charge in [0.05, 0.1) is 10.8 Å². The van der Waals surface area contributed by atoms with E-state index in [-0.39, 0.29) is 21.4 Å². The fourth-order valence-electron chi connectivity index (χ4n) is 4.11. The number of nitrogens with one attached hydrogen (secondary N) is 1. The van der Waals surface area contributed by atoms with Crippen molar-refractivity contribution < 1.29 is 23.1 Å². The molecule has 10 heteroatoms. The molecule has 33 heavy (non-hydrogen) atoms. The van der Waals surface area contributed by atoms with Crippen LogP contribution in [0, 0.1) is 5.92 Å². The molecule has 0 heterocycles. The van der Waals surface area contributed by atoms with Crippen LogP contribution in [0.2, 0.25) is 10.0 Å². The van der Waals surface area contributed by atoms with E-state index < -0.39 is 39.9 Å². The van der Waals surface area contributed by atoms with Crippen molar-refractivity contribution in [3.05, 3.63) is 64.1 Å². The SMILES string of the molecule is CN(C(Cc1ccccc1)C(=O)NC1CCCCC1C(=O)O)S(=O)(=O)c1cc(Cl)cc(Cl)c1. The highest BCUT2D eigenvalue weighted by atomic mass is 35.5. The molecule has 1 fully saturated rings. The minimum atomic E-state index is -4.13. The lowest BCUT2D eigenvalue weighted by Crippen LogP contribution is -2.54. The number of benzene rings is 2. The van der Waals surface area contributed by atoms with Gasteiger partial charge in [-0.1, -0.05) is 66.4 Å². The van der Waals surface area contributed by atoms with Gasteiger partial charge in [-0.05, 0) is 43.0 Å². The Hall–Kier alpha value is -2.13. The number of halogens is 2. The van der Waals surface area contributed by atoms with Gasteiger partial charge in [-0.15, -0.1) is 0 Å². The predicted molar refractivity (Wildman–Crippen MR) is 127 cm³/mol. The number of rotatable bonds is 8. The molecule has 7 nitrogen and oxygen atoms in total. The van der Waals surface area contributed by atoms with Crippen LogP contribution in [0.5, 0.6) is 0 Å². The lowest BCUT2D eigenvalue weighted by molar-refractivity contribution is -0.144. The van der Waals surface area contributed by atoms with Crippen molar-refractivity contribution in [2.75, 3.05) is 7.05 Å². The van der Waals surface area contributed by atoms with E-state index in [4.69, 9.17) is 23.2 Å². The summed E-state index contributed by atoms with van der Waals surface area (Å²) in [5, 5.41) is 12.7. The minimum absolute atomic E-state index is 0.112. The third-order valence-corrected chi connectivity index (χ3v) is 8.22. The Morgan fingerprint density at radius 3 is 2.30 bits per heavy atom. The molecule has 3 rings (SSSR count). The summed E-state index contributed by atoms with van der Waals surface area (Å²) in [5.41, 5.74) is 0.766. The van der Waals surface area contributed by atoms with Crippen molar-refractivity contribution in [3.63, 3.8) is 0 Å². The zero-order valence-electron chi connectivity index (χ0n) is 18.1. The highest BCUT2D eigenvalue weighted by molar-refractivity contribution is 7.89. The van der Waals surface area contributed by atoms with E-state index in [0.29, 0.717) is 12.8 Å². The van der Waals surface area contributed by atoms with Crippen LogP contribution in [0.25, 0.3) is 0 Å². The van der Waals surface area contributed by atoms with Crippen LogP contribution in [-0.4, -0.2) is 48.8 Å². The summed E-state index contributed by atoms with van der Waals surface area (Å²) < 4.78 is 27.7. The Labute approximate surface area is 203 Å². The summed E-state index contributed by atoms with van der Waals surface area (Å²) in [6.45, 7) is 0. The van der Waals surface area contributed by atoms with Gasteiger partial charge < -0.3 is 10.4 Å². The number of hydrogen-bond acceptors (Lipinski definition) is 4. The Balaban J connectivity index is 1.93. The zero-order chi connectivity index (χ0) is 24.2. The van der Waals surface area contributed by atoms with Crippen molar-refractivity contribution in [3.8, 4) is 0 Å². The third-order valence-electron chi connectivity index (χ3n) is 5.94. The largest absolute Gasteiger partial charge is 0.481 e. The van der Waals surface area contributed by atoms with E-state index in [2.05, 4.69) is 5.32 Å². The molecule has 1 amide bonds. The van der Waals surface area contributed by atoms with Crippen LogP contribution in [0.3, 0.4) is 0 Å². The molecule has 0 aliphatic heterocycles. The minimum Gasteiger partial charge on any atom is -0.481 e. The zero-order valence-corrected chi connectivity index (χ0v) is 20.4. The van der Waals surface area contributed by atoms with E-state index in [0.717, 1.165) is 22.7 Å². The van der Waals surface area contributed by atoms with Crippen LogP contribution in [-0.2, 0) is 26.0 Å². The molecule has 2 aromatic rings. The molecule has 2 aromatic carbocycles. The molecule has 178 valence electrons. The van der Waals surface area contributed by atoms with Crippen molar-refractivity contribution in [2.45, 2.75) is 49.1 Å². The molecule has 0 radical (unpaired) electrons. The van der Waals surface area contributed by atoms with Crippen LogP contribution >= 0.6 is 23.2 Å². The predicted octanol–water partition coefficient (Wildman–Crippen LogP) is 3.98. The molecule has 0 spiro atoms. The monoisotopic (exact) mass is 512 g/mol. The van der Waals surface area contributed by atoms with E-state index in [9.17, 15) is 23.1 Å². The second kappa shape index (κ2) is 10.9. The van der Waals surface area contributed by atoms with Crippen molar-refractivity contribution in [1.29, 1.82) is 0 Å². The number of amides is 1. The number of carboxylic acid groups (broad SMARTS) is 1. The first-order valence-electron chi connectivity index (χ1n) is 10.6. The van der Waals surface area contributed by atoms with Gasteiger partial charge >= 0.3 is 5.97 Å². The Morgan fingerprint density at radius 2 is 1.70 bits per heavy atom. The topological polar surface area (TPSA) is 104 Å². The van der Waals surface area contributed by atoms with Gasteiger partial charge in [-0.2, -0.15) is 4.31 Å². The highest BCUT2D eigenvalue weighted by Gasteiger charge is 2.37. The molecular weight excluding hydrogens is 487 g/mol. The number of hydrogen-bond donors (Lipinski definition) is 2. The summed E-state index contributed by atoms with van der Waals surface area (Å²) in [5.74, 6) is -2.21. The first-order chi connectivity index (χ1) is 15.6. The fourth-order valence-corrected chi connectivity index (χ4v) is 6.16. The van der Waals surface area contributed by atoms with Gasteiger partial charge in [0.1, 0.15) is 6.04 Å². The quantitative estimate of drug-likeness (QED) is 0.556. The maximum Gasteiger partial charge on any atom is 0.308 e. The number of aliphatic carboxylic acids is 1. The van der Waals surface area contributed by atoms with E-state index in [1.807, 2.05) is 6.07 Å². The average Bonchev–Trinajstić information content (AvgIpc) is 2.77. The maximum atomic E-state index is 13.4.